The summed E-state index contributed by atoms with van der Waals surface area (Å²) in [6, 6.07) is 20.2. The third-order valence-electron chi connectivity index (χ3n) is 5.70. The number of hydrogen-bond acceptors (Lipinski definition) is 3. The van der Waals surface area contributed by atoms with Crippen molar-refractivity contribution in [2.45, 2.75) is 32.2 Å². The number of nitrogens with two attached hydrogens (primary N) is 1. The van der Waals surface area contributed by atoms with Gasteiger partial charge >= 0.3 is 0 Å². The molecule has 0 radical (unpaired) electrons. The minimum Gasteiger partial charge on any atom is -0.330 e. The second kappa shape index (κ2) is 13.9. The van der Waals surface area contributed by atoms with Crippen molar-refractivity contribution in [1.82, 2.24) is 10.6 Å². The Bertz CT molecular complexity index is 1020. The average Bonchev–Trinajstić information content (AvgIpc) is 2.74. The Balaban J connectivity index is 0.00000160. The molecule has 0 fully saturated rings. The van der Waals surface area contributed by atoms with Crippen LogP contribution in [0, 0.1) is 0 Å². The van der Waals surface area contributed by atoms with Gasteiger partial charge < -0.3 is 16.4 Å². The van der Waals surface area contributed by atoms with E-state index in [1.165, 1.54) is 57.1 Å². The number of benzene rings is 4. The molecule has 4 N–H and O–H groups in total. The Labute approximate surface area is 204 Å². The molecule has 4 aromatic carbocycles. The fourth-order valence-corrected chi connectivity index (χ4v) is 4.19. The maximum absolute atomic E-state index is 5.51. The van der Waals surface area contributed by atoms with Crippen molar-refractivity contribution in [1.29, 1.82) is 0 Å². The monoisotopic (exact) mass is 481 g/mol. The highest BCUT2D eigenvalue weighted by molar-refractivity contribution is 6.23. The lowest BCUT2D eigenvalue weighted by Gasteiger charge is -2.14. The summed E-state index contributed by atoms with van der Waals surface area (Å²) in [5.41, 5.74) is 6.91. The van der Waals surface area contributed by atoms with Crippen LogP contribution in [0.2, 0.25) is 0 Å². The van der Waals surface area contributed by atoms with Crippen LogP contribution in [0.15, 0.2) is 54.6 Å². The summed E-state index contributed by atoms with van der Waals surface area (Å²) in [5.74, 6) is 0. The van der Waals surface area contributed by atoms with E-state index in [9.17, 15) is 0 Å². The first-order valence-electron chi connectivity index (χ1n) is 10.7. The molecule has 0 amide bonds. The molecule has 0 aliphatic rings. The normalized spacial score (nSPS) is 10.7. The van der Waals surface area contributed by atoms with E-state index < -0.39 is 0 Å². The van der Waals surface area contributed by atoms with Crippen molar-refractivity contribution >= 4 is 69.5 Å². The average molecular weight is 483 g/mol. The summed E-state index contributed by atoms with van der Waals surface area (Å²) in [7, 11) is 0. The molecular weight excluding hydrogens is 449 g/mol. The maximum Gasteiger partial charge on any atom is 0.0211 e. The van der Waals surface area contributed by atoms with Crippen LogP contribution in [0.5, 0.6) is 0 Å². The number of unbranched alkanes of at least 4 members (excludes halogenated alkanes) is 2. The Morgan fingerprint density at radius 3 is 1.81 bits per heavy atom. The molecule has 31 heavy (non-hydrogen) atoms. The number of rotatable bonds is 11. The van der Waals surface area contributed by atoms with Crippen molar-refractivity contribution in [3.63, 3.8) is 0 Å². The van der Waals surface area contributed by atoms with Gasteiger partial charge in [0.1, 0.15) is 0 Å². The van der Waals surface area contributed by atoms with Crippen LogP contribution in [0.3, 0.4) is 0 Å². The zero-order valence-corrected chi connectivity index (χ0v) is 20.3. The third kappa shape index (κ3) is 6.58. The molecule has 4 aromatic rings. The minimum absolute atomic E-state index is 0. The van der Waals surface area contributed by atoms with Crippen LogP contribution in [0.4, 0.5) is 0 Å². The van der Waals surface area contributed by atoms with Crippen molar-refractivity contribution < 1.29 is 0 Å². The lowest BCUT2D eigenvalue weighted by Crippen LogP contribution is -2.20. The van der Waals surface area contributed by atoms with Crippen molar-refractivity contribution in [2.75, 3.05) is 26.2 Å². The molecule has 0 unspecified atom stereocenters. The van der Waals surface area contributed by atoms with E-state index in [0.29, 0.717) is 0 Å². The van der Waals surface area contributed by atoms with E-state index >= 15 is 0 Å². The molecule has 0 bridgehead atoms. The van der Waals surface area contributed by atoms with Crippen LogP contribution in [-0.2, 0) is 6.54 Å². The second-order valence-electron chi connectivity index (χ2n) is 7.71. The third-order valence-corrected chi connectivity index (χ3v) is 5.70. The SMILES string of the molecule is Cl.Cl.Cl.NCCCCNCCCCNCc1ccc2ccc3cccc4ccc1c2c34. The van der Waals surface area contributed by atoms with Crippen LogP contribution in [0.25, 0.3) is 32.3 Å². The summed E-state index contributed by atoms with van der Waals surface area (Å²) in [6.07, 6.45) is 4.72. The molecule has 0 atom stereocenters. The van der Waals surface area contributed by atoms with E-state index in [0.717, 1.165) is 39.1 Å². The van der Waals surface area contributed by atoms with E-state index in [-0.39, 0.29) is 37.2 Å². The fraction of sp³-hybridized carbons (Fsp3) is 0.360. The molecule has 6 heteroatoms. The lowest BCUT2D eigenvalue weighted by molar-refractivity contribution is 0.568. The predicted molar refractivity (Wildman–Crippen MR) is 144 cm³/mol. The lowest BCUT2D eigenvalue weighted by atomic mass is 9.92. The Kier molecular flexibility index (Phi) is 12.5. The van der Waals surface area contributed by atoms with Crippen LogP contribution < -0.4 is 16.4 Å². The first-order valence-corrected chi connectivity index (χ1v) is 10.7. The van der Waals surface area contributed by atoms with Gasteiger partial charge in [-0.2, -0.15) is 0 Å². The van der Waals surface area contributed by atoms with Gasteiger partial charge in [-0.05, 0) is 89.7 Å². The molecule has 0 saturated heterocycles. The quantitative estimate of drug-likeness (QED) is 0.180. The maximum atomic E-state index is 5.51. The van der Waals surface area contributed by atoms with Crippen molar-refractivity contribution in [3.05, 3.63) is 60.2 Å². The summed E-state index contributed by atoms with van der Waals surface area (Å²) in [5, 5.41) is 15.3. The van der Waals surface area contributed by atoms with Crippen molar-refractivity contribution in [3.8, 4) is 0 Å². The van der Waals surface area contributed by atoms with Gasteiger partial charge in [-0.25, -0.2) is 0 Å². The Morgan fingerprint density at radius 2 is 1.13 bits per heavy atom. The van der Waals surface area contributed by atoms with Gasteiger partial charge in [-0.3, -0.25) is 0 Å². The second-order valence-corrected chi connectivity index (χ2v) is 7.71. The van der Waals surface area contributed by atoms with E-state index in [4.69, 9.17) is 5.73 Å². The van der Waals surface area contributed by atoms with E-state index in [1.807, 2.05) is 0 Å². The number of nitrogens with one attached hydrogen (secondary N) is 2. The standard InChI is InChI=1S/C25H31N3.3ClH/c26-14-1-2-15-27-16-3-4-17-28-18-22-11-10-21-9-8-19-6-5-7-20-12-13-23(22)25(21)24(19)20;;;/h5-13,27-28H,1-4,14-18,26H2;3*1H. The molecule has 0 heterocycles. The van der Waals surface area contributed by atoms with Gasteiger partial charge in [0, 0.05) is 6.54 Å². The summed E-state index contributed by atoms with van der Waals surface area (Å²) in [6.45, 7) is 4.98. The molecule has 0 spiro atoms. The Hall–Kier alpha value is -1.33. The van der Waals surface area contributed by atoms with Crippen LogP contribution in [-0.4, -0.2) is 26.2 Å². The molecule has 0 saturated carbocycles. The smallest absolute Gasteiger partial charge is 0.0211 e. The number of hydrogen-bond donors (Lipinski definition) is 3. The van der Waals surface area contributed by atoms with Gasteiger partial charge in [0.05, 0.1) is 0 Å². The summed E-state index contributed by atoms with van der Waals surface area (Å²) < 4.78 is 0. The predicted octanol–water partition coefficient (Wildman–Crippen LogP) is 6.05. The molecule has 4 rings (SSSR count). The molecule has 0 aliphatic heterocycles. The van der Waals surface area contributed by atoms with Gasteiger partial charge in [-0.1, -0.05) is 54.6 Å². The zero-order chi connectivity index (χ0) is 19.2. The van der Waals surface area contributed by atoms with Gasteiger partial charge in [0.15, 0.2) is 0 Å². The molecule has 0 aliphatic carbocycles. The van der Waals surface area contributed by atoms with Crippen molar-refractivity contribution in [2.24, 2.45) is 5.73 Å². The molecular formula is C25H34Cl3N3. The fourth-order valence-electron chi connectivity index (χ4n) is 4.19. The van der Waals surface area contributed by atoms with E-state index in [2.05, 4.69) is 65.2 Å². The Morgan fingerprint density at radius 1 is 0.581 bits per heavy atom. The molecule has 3 nitrogen and oxygen atoms in total. The first kappa shape index (κ1) is 27.7. The molecule has 170 valence electrons. The van der Waals surface area contributed by atoms with Crippen LogP contribution in [0.1, 0.15) is 31.2 Å². The topological polar surface area (TPSA) is 50.1 Å². The van der Waals surface area contributed by atoms with Gasteiger partial charge in [0.2, 0.25) is 0 Å². The van der Waals surface area contributed by atoms with Gasteiger partial charge in [0.25, 0.3) is 0 Å². The highest BCUT2D eigenvalue weighted by Gasteiger charge is 2.10. The first-order chi connectivity index (χ1) is 13.9. The zero-order valence-electron chi connectivity index (χ0n) is 17.9. The summed E-state index contributed by atoms with van der Waals surface area (Å²) in [4.78, 5) is 0. The highest BCUT2D eigenvalue weighted by Crippen LogP contribution is 2.35. The van der Waals surface area contributed by atoms with Gasteiger partial charge in [-0.15, -0.1) is 37.2 Å². The molecule has 0 aromatic heterocycles. The minimum atomic E-state index is 0. The summed E-state index contributed by atoms with van der Waals surface area (Å²) >= 11 is 0. The van der Waals surface area contributed by atoms with Crippen LogP contribution >= 0.6 is 37.2 Å². The highest BCUT2D eigenvalue weighted by atomic mass is 35.5. The number of halogens is 3. The largest absolute Gasteiger partial charge is 0.330 e. The van der Waals surface area contributed by atoms with E-state index in [1.54, 1.807) is 0 Å².